The average molecular weight is 407 g/mol. The summed E-state index contributed by atoms with van der Waals surface area (Å²) in [4.78, 5) is 0. The quantitative estimate of drug-likeness (QED) is 0.779. The van der Waals surface area contributed by atoms with Crippen LogP contribution in [0, 0.1) is 5.92 Å². The number of aliphatic hydroxyl groups excluding tert-OH is 1. The predicted octanol–water partition coefficient (Wildman–Crippen LogP) is 3.86. The van der Waals surface area contributed by atoms with Crippen LogP contribution in [0.15, 0.2) is 21.1 Å². The van der Waals surface area contributed by atoms with Gasteiger partial charge in [-0.2, -0.15) is 0 Å². The summed E-state index contributed by atoms with van der Waals surface area (Å²) in [5.41, 5.74) is 1.13. The Hall–Kier alpha value is -0.100. The molecule has 1 aliphatic rings. The SMILES string of the molecule is COc1c(Br)cc(Br)cc1CNCC1CCCC(O)C1. The predicted molar refractivity (Wildman–Crippen MR) is 88.1 cm³/mol. The molecule has 2 rings (SSSR count). The van der Waals surface area contributed by atoms with Crippen molar-refractivity contribution < 1.29 is 9.84 Å². The van der Waals surface area contributed by atoms with E-state index in [1.165, 1.54) is 6.42 Å². The number of rotatable bonds is 5. The number of ether oxygens (including phenoxy) is 1. The van der Waals surface area contributed by atoms with E-state index in [4.69, 9.17) is 4.74 Å². The third kappa shape index (κ3) is 4.45. The molecule has 0 amide bonds. The number of methoxy groups -OCH3 is 1. The summed E-state index contributed by atoms with van der Waals surface area (Å²) >= 11 is 7.02. The molecule has 0 saturated heterocycles. The van der Waals surface area contributed by atoms with Crippen molar-refractivity contribution in [2.75, 3.05) is 13.7 Å². The number of halogens is 2. The molecule has 1 aromatic carbocycles. The Bertz CT molecular complexity index is 454. The van der Waals surface area contributed by atoms with E-state index in [9.17, 15) is 5.11 Å². The van der Waals surface area contributed by atoms with Crippen LogP contribution >= 0.6 is 31.9 Å². The Labute approximate surface area is 137 Å². The lowest BCUT2D eigenvalue weighted by atomic mass is 9.87. The first-order valence-electron chi connectivity index (χ1n) is 7.01. The lowest BCUT2D eigenvalue weighted by molar-refractivity contribution is 0.101. The summed E-state index contributed by atoms with van der Waals surface area (Å²) in [5, 5.41) is 13.2. The summed E-state index contributed by atoms with van der Waals surface area (Å²) in [5.74, 6) is 1.46. The molecular formula is C15H21Br2NO2. The van der Waals surface area contributed by atoms with Crippen molar-refractivity contribution in [1.82, 2.24) is 5.32 Å². The zero-order valence-corrected chi connectivity index (χ0v) is 14.8. The number of nitrogens with one attached hydrogen (secondary N) is 1. The number of aliphatic hydroxyl groups is 1. The van der Waals surface area contributed by atoms with E-state index in [-0.39, 0.29) is 6.10 Å². The Morgan fingerprint density at radius 2 is 2.15 bits per heavy atom. The Morgan fingerprint density at radius 3 is 2.85 bits per heavy atom. The number of benzene rings is 1. The van der Waals surface area contributed by atoms with E-state index in [1.807, 2.05) is 6.07 Å². The van der Waals surface area contributed by atoms with Gasteiger partial charge in [0.2, 0.25) is 0 Å². The molecule has 0 spiro atoms. The maximum atomic E-state index is 9.69. The van der Waals surface area contributed by atoms with Gasteiger partial charge >= 0.3 is 0 Å². The molecule has 0 radical (unpaired) electrons. The van der Waals surface area contributed by atoms with E-state index in [1.54, 1.807) is 7.11 Å². The first-order chi connectivity index (χ1) is 9.60. The average Bonchev–Trinajstić information content (AvgIpc) is 2.38. The van der Waals surface area contributed by atoms with Gasteiger partial charge in [0.15, 0.2) is 0 Å². The maximum Gasteiger partial charge on any atom is 0.137 e. The lowest BCUT2D eigenvalue weighted by Gasteiger charge is -2.26. The Kier molecular flexibility index (Phi) is 6.33. The normalized spacial score (nSPS) is 22.8. The molecule has 0 aliphatic heterocycles. The summed E-state index contributed by atoms with van der Waals surface area (Å²) in [6.07, 6.45) is 4.13. The van der Waals surface area contributed by atoms with Gasteiger partial charge in [0.05, 0.1) is 17.7 Å². The van der Waals surface area contributed by atoms with Gasteiger partial charge in [-0.15, -0.1) is 0 Å². The van der Waals surface area contributed by atoms with E-state index >= 15 is 0 Å². The maximum absolute atomic E-state index is 9.69. The minimum absolute atomic E-state index is 0.106. The van der Waals surface area contributed by atoms with Crippen LogP contribution in [-0.4, -0.2) is 24.9 Å². The van der Waals surface area contributed by atoms with E-state index in [2.05, 4.69) is 43.2 Å². The van der Waals surface area contributed by atoms with Gasteiger partial charge in [0.25, 0.3) is 0 Å². The van der Waals surface area contributed by atoms with Gasteiger partial charge in [-0.3, -0.25) is 0 Å². The van der Waals surface area contributed by atoms with Gasteiger partial charge < -0.3 is 15.2 Å². The highest BCUT2D eigenvalue weighted by molar-refractivity contribution is 9.11. The van der Waals surface area contributed by atoms with Gasteiger partial charge in [-0.05, 0) is 59.8 Å². The highest BCUT2D eigenvalue weighted by Crippen LogP contribution is 2.32. The van der Waals surface area contributed by atoms with Crippen molar-refractivity contribution in [3.63, 3.8) is 0 Å². The molecule has 1 saturated carbocycles. The first-order valence-corrected chi connectivity index (χ1v) is 8.59. The summed E-state index contributed by atoms with van der Waals surface area (Å²) in [6, 6.07) is 4.06. The fraction of sp³-hybridized carbons (Fsp3) is 0.600. The van der Waals surface area contributed by atoms with Gasteiger partial charge in [0, 0.05) is 16.6 Å². The van der Waals surface area contributed by atoms with Crippen molar-refractivity contribution >= 4 is 31.9 Å². The van der Waals surface area contributed by atoms with Crippen molar-refractivity contribution in [3.05, 3.63) is 26.6 Å². The van der Waals surface area contributed by atoms with Crippen LogP contribution in [0.3, 0.4) is 0 Å². The zero-order chi connectivity index (χ0) is 14.5. The van der Waals surface area contributed by atoms with Gasteiger partial charge in [-0.25, -0.2) is 0 Å². The van der Waals surface area contributed by atoms with Crippen LogP contribution in [0.25, 0.3) is 0 Å². The molecule has 2 atom stereocenters. The Morgan fingerprint density at radius 1 is 1.35 bits per heavy atom. The summed E-state index contributed by atoms with van der Waals surface area (Å²) < 4.78 is 7.44. The molecule has 2 unspecified atom stereocenters. The third-order valence-corrected chi connectivity index (χ3v) is 4.84. The van der Waals surface area contributed by atoms with Crippen LogP contribution in [0.4, 0.5) is 0 Å². The standard InChI is InChI=1S/C15H21Br2NO2/c1-20-15-11(6-12(16)7-14(15)17)9-18-8-10-3-2-4-13(19)5-10/h6-7,10,13,18-19H,2-5,8-9H2,1H3. The molecule has 1 fully saturated rings. The zero-order valence-electron chi connectivity index (χ0n) is 11.7. The van der Waals surface area contributed by atoms with Crippen molar-refractivity contribution in [3.8, 4) is 5.75 Å². The Balaban J connectivity index is 1.90. The van der Waals surface area contributed by atoms with Crippen LogP contribution in [-0.2, 0) is 6.54 Å². The van der Waals surface area contributed by atoms with Crippen LogP contribution in [0.2, 0.25) is 0 Å². The molecule has 0 bridgehead atoms. The monoisotopic (exact) mass is 405 g/mol. The number of hydrogen-bond donors (Lipinski definition) is 2. The van der Waals surface area contributed by atoms with Gasteiger partial charge in [0.1, 0.15) is 5.75 Å². The number of hydrogen-bond acceptors (Lipinski definition) is 3. The second kappa shape index (κ2) is 7.78. The minimum Gasteiger partial charge on any atom is -0.495 e. The molecule has 1 aromatic rings. The fourth-order valence-electron chi connectivity index (χ4n) is 2.83. The minimum atomic E-state index is -0.106. The molecule has 112 valence electrons. The van der Waals surface area contributed by atoms with Crippen LogP contribution < -0.4 is 10.1 Å². The molecule has 5 heteroatoms. The first kappa shape index (κ1) is 16.3. The topological polar surface area (TPSA) is 41.5 Å². The van der Waals surface area contributed by atoms with Crippen LogP contribution in [0.1, 0.15) is 31.2 Å². The molecular weight excluding hydrogens is 386 g/mol. The fourth-order valence-corrected chi connectivity index (χ4v) is 4.31. The van der Waals surface area contributed by atoms with Crippen molar-refractivity contribution in [2.45, 2.75) is 38.3 Å². The van der Waals surface area contributed by atoms with Gasteiger partial charge in [-0.1, -0.05) is 22.4 Å². The largest absolute Gasteiger partial charge is 0.495 e. The molecule has 3 nitrogen and oxygen atoms in total. The molecule has 0 aromatic heterocycles. The molecule has 1 aliphatic carbocycles. The van der Waals surface area contributed by atoms with Crippen molar-refractivity contribution in [2.24, 2.45) is 5.92 Å². The smallest absolute Gasteiger partial charge is 0.137 e. The highest BCUT2D eigenvalue weighted by atomic mass is 79.9. The van der Waals surface area contributed by atoms with Crippen LogP contribution in [0.5, 0.6) is 5.75 Å². The second-order valence-electron chi connectivity index (χ2n) is 5.40. The highest BCUT2D eigenvalue weighted by Gasteiger charge is 2.19. The molecule has 0 heterocycles. The summed E-state index contributed by atoms with van der Waals surface area (Å²) in [6.45, 7) is 1.72. The van der Waals surface area contributed by atoms with E-state index in [0.29, 0.717) is 5.92 Å². The molecule has 2 N–H and O–H groups in total. The van der Waals surface area contributed by atoms with E-state index in [0.717, 1.165) is 52.6 Å². The summed E-state index contributed by atoms with van der Waals surface area (Å²) in [7, 11) is 1.69. The lowest BCUT2D eigenvalue weighted by Crippen LogP contribution is -2.29. The van der Waals surface area contributed by atoms with Crippen molar-refractivity contribution in [1.29, 1.82) is 0 Å². The van der Waals surface area contributed by atoms with E-state index < -0.39 is 0 Å². The third-order valence-electron chi connectivity index (χ3n) is 3.79. The second-order valence-corrected chi connectivity index (χ2v) is 7.17. The molecule has 20 heavy (non-hydrogen) atoms.